The van der Waals surface area contributed by atoms with Crippen molar-refractivity contribution in [3.05, 3.63) is 70.8 Å². The van der Waals surface area contributed by atoms with Gasteiger partial charge in [-0.2, -0.15) is 0 Å². The molecule has 2 rings (SSSR count). The first-order valence-corrected chi connectivity index (χ1v) is 7.70. The maximum absolute atomic E-state index is 12.1. The zero-order valence-corrected chi connectivity index (χ0v) is 14.1. The van der Waals surface area contributed by atoms with Crippen LogP contribution in [0.5, 0.6) is 5.75 Å². The lowest BCUT2D eigenvalue weighted by atomic mass is 10.0. The molecule has 0 spiro atoms. The molecule has 0 fully saturated rings. The predicted molar refractivity (Wildman–Crippen MR) is 94.5 cm³/mol. The fourth-order valence-corrected chi connectivity index (χ4v) is 2.35. The number of amides is 1. The molecule has 0 saturated carbocycles. The van der Waals surface area contributed by atoms with E-state index < -0.39 is 0 Å². The highest BCUT2D eigenvalue weighted by Gasteiger charge is 2.08. The molecule has 0 heterocycles. The van der Waals surface area contributed by atoms with Gasteiger partial charge >= 0.3 is 0 Å². The summed E-state index contributed by atoms with van der Waals surface area (Å²) >= 11 is 0. The number of benzene rings is 2. The van der Waals surface area contributed by atoms with E-state index in [2.05, 4.69) is 37.4 Å². The summed E-state index contributed by atoms with van der Waals surface area (Å²) in [4.78, 5) is 12.1. The van der Waals surface area contributed by atoms with Crippen LogP contribution < -0.4 is 10.1 Å². The minimum atomic E-state index is -0.123. The van der Waals surface area contributed by atoms with E-state index in [0.717, 1.165) is 16.9 Å². The molecule has 1 unspecified atom stereocenters. The number of hydrogen-bond acceptors (Lipinski definition) is 2. The van der Waals surface area contributed by atoms with Crippen molar-refractivity contribution in [3.8, 4) is 5.75 Å². The molecule has 0 aliphatic heterocycles. The molecule has 3 heteroatoms. The second-order valence-electron chi connectivity index (χ2n) is 5.65. The van der Waals surface area contributed by atoms with Crippen LogP contribution in [0.3, 0.4) is 0 Å². The van der Waals surface area contributed by atoms with Gasteiger partial charge in [0, 0.05) is 11.6 Å². The molecule has 1 atom stereocenters. The van der Waals surface area contributed by atoms with Crippen molar-refractivity contribution in [1.29, 1.82) is 0 Å². The first kappa shape index (κ1) is 16.8. The van der Waals surface area contributed by atoms with Gasteiger partial charge in [-0.05, 0) is 49.6 Å². The lowest BCUT2D eigenvalue weighted by Gasteiger charge is -2.14. The van der Waals surface area contributed by atoms with E-state index in [1.54, 1.807) is 13.2 Å². The van der Waals surface area contributed by atoms with E-state index in [-0.39, 0.29) is 11.9 Å². The van der Waals surface area contributed by atoms with Gasteiger partial charge in [0.25, 0.3) is 0 Å². The van der Waals surface area contributed by atoms with Crippen LogP contribution in [-0.2, 0) is 4.79 Å². The monoisotopic (exact) mass is 309 g/mol. The quantitative estimate of drug-likeness (QED) is 0.841. The van der Waals surface area contributed by atoms with Crippen LogP contribution in [0.1, 0.15) is 35.2 Å². The van der Waals surface area contributed by atoms with Crippen LogP contribution in [0.25, 0.3) is 6.08 Å². The van der Waals surface area contributed by atoms with Crippen molar-refractivity contribution in [2.24, 2.45) is 0 Å². The van der Waals surface area contributed by atoms with Crippen molar-refractivity contribution in [2.45, 2.75) is 26.8 Å². The Hall–Kier alpha value is -2.55. The smallest absolute Gasteiger partial charge is 0.244 e. The Labute approximate surface area is 138 Å². The molecule has 0 aromatic heterocycles. The van der Waals surface area contributed by atoms with Gasteiger partial charge in [0.2, 0.25) is 5.91 Å². The molecule has 120 valence electrons. The third-order valence-corrected chi connectivity index (χ3v) is 3.94. The van der Waals surface area contributed by atoms with Crippen LogP contribution >= 0.6 is 0 Å². The molecule has 3 nitrogen and oxygen atoms in total. The van der Waals surface area contributed by atoms with Gasteiger partial charge in [0.1, 0.15) is 5.75 Å². The Balaban J connectivity index is 2.03. The third-order valence-electron chi connectivity index (χ3n) is 3.94. The number of methoxy groups -OCH3 is 1. The SMILES string of the molecule is COc1ccccc1/C=C/C(=O)NC(C)c1ccc(C)c(C)c1. The highest BCUT2D eigenvalue weighted by molar-refractivity contribution is 5.92. The largest absolute Gasteiger partial charge is 0.496 e. The summed E-state index contributed by atoms with van der Waals surface area (Å²) in [6.07, 6.45) is 3.30. The molecule has 1 N–H and O–H groups in total. The minimum absolute atomic E-state index is 0.0379. The zero-order chi connectivity index (χ0) is 16.8. The number of carbonyl (C=O) groups is 1. The molecule has 0 aliphatic rings. The Kier molecular flexibility index (Phi) is 5.58. The van der Waals surface area contributed by atoms with E-state index in [9.17, 15) is 4.79 Å². The summed E-state index contributed by atoms with van der Waals surface area (Å²) in [6, 6.07) is 13.8. The van der Waals surface area contributed by atoms with Gasteiger partial charge in [0.05, 0.1) is 13.2 Å². The number of aryl methyl sites for hydroxylation is 2. The van der Waals surface area contributed by atoms with Gasteiger partial charge in [-0.3, -0.25) is 4.79 Å². The number of ether oxygens (including phenoxy) is 1. The fourth-order valence-electron chi connectivity index (χ4n) is 2.35. The molecule has 1 amide bonds. The van der Waals surface area contributed by atoms with Gasteiger partial charge in [-0.25, -0.2) is 0 Å². The lowest BCUT2D eigenvalue weighted by molar-refractivity contribution is -0.117. The molecule has 0 saturated heterocycles. The number of hydrogen-bond donors (Lipinski definition) is 1. The highest BCUT2D eigenvalue weighted by atomic mass is 16.5. The second kappa shape index (κ2) is 7.63. The molecule has 0 aliphatic carbocycles. The van der Waals surface area contributed by atoms with Gasteiger partial charge in [-0.15, -0.1) is 0 Å². The number of para-hydroxylation sites is 1. The Morgan fingerprint density at radius 1 is 1.13 bits per heavy atom. The van der Waals surface area contributed by atoms with Crippen LogP contribution in [-0.4, -0.2) is 13.0 Å². The fraction of sp³-hybridized carbons (Fsp3) is 0.250. The first-order chi connectivity index (χ1) is 11.0. The van der Waals surface area contributed by atoms with E-state index in [1.807, 2.05) is 31.2 Å². The maximum atomic E-state index is 12.1. The summed E-state index contributed by atoms with van der Waals surface area (Å²) in [5.41, 5.74) is 4.47. The second-order valence-corrected chi connectivity index (χ2v) is 5.65. The van der Waals surface area contributed by atoms with E-state index in [0.29, 0.717) is 0 Å². The van der Waals surface area contributed by atoms with E-state index in [1.165, 1.54) is 17.2 Å². The molecule has 2 aromatic carbocycles. The molecular formula is C20H23NO2. The van der Waals surface area contributed by atoms with Crippen LogP contribution in [0.4, 0.5) is 0 Å². The summed E-state index contributed by atoms with van der Waals surface area (Å²) in [7, 11) is 1.62. The Bertz CT molecular complexity index is 719. The van der Waals surface area contributed by atoms with Crippen molar-refractivity contribution in [2.75, 3.05) is 7.11 Å². The molecule has 0 bridgehead atoms. The highest BCUT2D eigenvalue weighted by Crippen LogP contribution is 2.19. The van der Waals surface area contributed by atoms with Crippen molar-refractivity contribution >= 4 is 12.0 Å². The summed E-state index contributed by atoms with van der Waals surface area (Å²) < 4.78 is 5.27. The van der Waals surface area contributed by atoms with Gasteiger partial charge in [-0.1, -0.05) is 36.4 Å². The maximum Gasteiger partial charge on any atom is 0.244 e. The lowest BCUT2D eigenvalue weighted by Crippen LogP contribution is -2.24. The number of nitrogens with one attached hydrogen (secondary N) is 1. The average Bonchev–Trinajstić information content (AvgIpc) is 2.55. The molecule has 0 radical (unpaired) electrons. The molecule has 2 aromatic rings. The Morgan fingerprint density at radius 2 is 1.87 bits per heavy atom. The van der Waals surface area contributed by atoms with Crippen LogP contribution in [0, 0.1) is 13.8 Å². The normalized spacial score (nSPS) is 12.2. The average molecular weight is 309 g/mol. The Morgan fingerprint density at radius 3 is 2.57 bits per heavy atom. The summed E-state index contributed by atoms with van der Waals surface area (Å²) in [6.45, 7) is 6.15. The zero-order valence-electron chi connectivity index (χ0n) is 14.1. The van der Waals surface area contributed by atoms with Crippen molar-refractivity contribution in [3.63, 3.8) is 0 Å². The van der Waals surface area contributed by atoms with Gasteiger partial charge < -0.3 is 10.1 Å². The van der Waals surface area contributed by atoms with E-state index in [4.69, 9.17) is 4.74 Å². The summed E-state index contributed by atoms with van der Waals surface area (Å²) in [5, 5.41) is 2.98. The first-order valence-electron chi connectivity index (χ1n) is 7.70. The molecular weight excluding hydrogens is 286 g/mol. The third kappa shape index (κ3) is 4.46. The minimum Gasteiger partial charge on any atom is -0.496 e. The standard InChI is InChI=1S/C20H23NO2/c1-14-9-10-18(13-15(14)2)16(3)21-20(22)12-11-17-7-5-6-8-19(17)23-4/h5-13,16H,1-4H3,(H,21,22)/b12-11+. The number of rotatable bonds is 5. The van der Waals surface area contributed by atoms with Crippen molar-refractivity contribution < 1.29 is 9.53 Å². The van der Waals surface area contributed by atoms with Gasteiger partial charge in [0.15, 0.2) is 0 Å². The topological polar surface area (TPSA) is 38.3 Å². The number of carbonyl (C=O) groups excluding carboxylic acids is 1. The van der Waals surface area contributed by atoms with Crippen molar-refractivity contribution in [1.82, 2.24) is 5.32 Å². The predicted octanol–water partition coefficient (Wildman–Crippen LogP) is 4.20. The molecule has 23 heavy (non-hydrogen) atoms. The van der Waals surface area contributed by atoms with Crippen LogP contribution in [0.2, 0.25) is 0 Å². The van der Waals surface area contributed by atoms with Crippen LogP contribution in [0.15, 0.2) is 48.5 Å². The van der Waals surface area contributed by atoms with E-state index >= 15 is 0 Å². The summed E-state index contributed by atoms with van der Waals surface area (Å²) in [5.74, 6) is 0.625.